The molecule has 160 valence electrons. The van der Waals surface area contributed by atoms with Crippen molar-refractivity contribution in [3.63, 3.8) is 0 Å². The van der Waals surface area contributed by atoms with Crippen LogP contribution in [0.4, 0.5) is 0 Å². The summed E-state index contributed by atoms with van der Waals surface area (Å²) < 4.78 is 10.9. The number of aromatic nitrogens is 1. The summed E-state index contributed by atoms with van der Waals surface area (Å²) in [6, 6.07) is 11.2. The molecule has 2 aromatic rings. The first-order chi connectivity index (χ1) is 14.7. The molecule has 1 aliphatic heterocycles. The molecule has 0 unspecified atom stereocenters. The molecule has 30 heavy (non-hydrogen) atoms. The highest BCUT2D eigenvalue weighted by atomic mass is 16.5. The number of nitrogens with one attached hydrogen (secondary N) is 1. The topological polar surface area (TPSA) is 80.8 Å². The maximum absolute atomic E-state index is 12.3. The van der Waals surface area contributed by atoms with Gasteiger partial charge in [-0.1, -0.05) is 6.07 Å². The number of hydrogen-bond acceptors (Lipinski definition) is 5. The van der Waals surface area contributed by atoms with Gasteiger partial charge in [0.05, 0.1) is 0 Å². The van der Waals surface area contributed by atoms with Gasteiger partial charge in [-0.15, -0.1) is 0 Å². The van der Waals surface area contributed by atoms with E-state index >= 15 is 0 Å². The molecule has 0 saturated carbocycles. The second-order valence-electron chi connectivity index (χ2n) is 7.38. The van der Waals surface area contributed by atoms with Gasteiger partial charge in [-0.05, 0) is 48.7 Å². The molecule has 1 aromatic heterocycles. The molecule has 1 fully saturated rings. The van der Waals surface area contributed by atoms with Gasteiger partial charge < -0.3 is 19.7 Å². The van der Waals surface area contributed by atoms with Crippen molar-refractivity contribution in [2.75, 3.05) is 33.4 Å². The Balaban J connectivity index is 1.38. The third-order valence-electron chi connectivity index (χ3n) is 5.13. The number of carbonyl (C=O) groups excluding carboxylic acids is 2. The lowest BCUT2D eigenvalue weighted by atomic mass is 10.1. The number of piperidine rings is 1. The highest BCUT2D eigenvalue weighted by molar-refractivity contribution is 5.94. The number of benzene rings is 1. The first-order valence-corrected chi connectivity index (χ1v) is 10.4. The van der Waals surface area contributed by atoms with E-state index in [4.69, 9.17) is 9.47 Å². The van der Waals surface area contributed by atoms with Gasteiger partial charge in [0.25, 0.3) is 5.91 Å². The molecule has 0 bridgehead atoms. The highest BCUT2D eigenvalue weighted by Gasteiger charge is 2.23. The van der Waals surface area contributed by atoms with E-state index in [1.165, 1.54) is 12.7 Å². The van der Waals surface area contributed by atoms with Gasteiger partial charge in [0, 0.05) is 57.5 Å². The summed E-state index contributed by atoms with van der Waals surface area (Å²) in [6.45, 7) is 2.09. The van der Waals surface area contributed by atoms with Crippen LogP contribution in [0.25, 0.3) is 0 Å². The van der Waals surface area contributed by atoms with Gasteiger partial charge in [-0.2, -0.15) is 0 Å². The van der Waals surface area contributed by atoms with Crippen LogP contribution in [0, 0.1) is 0 Å². The lowest BCUT2D eigenvalue weighted by Gasteiger charge is -2.32. The fraction of sp³-hybridized carbons (Fsp3) is 0.435. The monoisotopic (exact) mass is 411 g/mol. The second-order valence-corrected chi connectivity index (χ2v) is 7.38. The fourth-order valence-electron chi connectivity index (χ4n) is 3.46. The molecule has 0 aliphatic carbocycles. The van der Waals surface area contributed by atoms with Gasteiger partial charge >= 0.3 is 0 Å². The van der Waals surface area contributed by atoms with E-state index in [0.717, 1.165) is 31.4 Å². The predicted octanol–water partition coefficient (Wildman–Crippen LogP) is 2.46. The van der Waals surface area contributed by atoms with Gasteiger partial charge in [-0.25, -0.2) is 0 Å². The minimum absolute atomic E-state index is 0.0201. The Bertz CT molecular complexity index is 803. The first kappa shape index (κ1) is 21.8. The summed E-state index contributed by atoms with van der Waals surface area (Å²) in [5.74, 6) is 0.675. The number of hydrogen-bond donors (Lipinski definition) is 1. The number of amides is 2. The van der Waals surface area contributed by atoms with Crippen LogP contribution in [0.2, 0.25) is 0 Å². The van der Waals surface area contributed by atoms with E-state index in [9.17, 15) is 9.59 Å². The van der Waals surface area contributed by atoms with Gasteiger partial charge in [0.1, 0.15) is 18.5 Å². The van der Waals surface area contributed by atoms with Gasteiger partial charge in [-0.3, -0.25) is 14.6 Å². The lowest BCUT2D eigenvalue weighted by Crippen LogP contribution is -2.43. The Morgan fingerprint density at radius 1 is 1.17 bits per heavy atom. The van der Waals surface area contributed by atoms with Crippen molar-refractivity contribution in [1.29, 1.82) is 0 Å². The average Bonchev–Trinajstić information content (AvgIpc) is 2.78. The Kier molecular flexibility index (Phi) is 8.20. The second kappa shape index (κ2) is 11.3. The van der Waals surface area contributed by atoms with E-state index in [1.807, 2.05) is 35.4 Å². The molecule has 0 spiro atoms. The number of pyridine rings is 1. The zero-order valence-corrected chi connectivity index (χ0v) is 17.4. The molecule has 1 aromatic carbocycles. The van der Waals surface area contributed by atoms with Crippen molar-refractivity contribution in [2.45, 2.75) is 31.8 Å². The summed E-state index contributed by atoms with van der Waals surface area (Å²) in [5, 5.41) is 2.95. The first-order valence-electron chi connectivity index (χ1n) is 10.4. The molecule has 0 atom stereocenters. The van der Waals surface area contributed by atoms with Gasteiger partial charge in [0.15, 0.2) is 0 Å². The predicted molar refractivity (Wildman–Crippen MR) is 113 cm³/mol. The Morgan fingerprint density at radius 3 is 2.60 bits per heavy atom. The summed E-state index contributed by atoms with van der Waals surface area (Å²) in [6.07, 6.45) is 7.00. The SMILES string of the molecule is COCC(=O)N1CCC(Oc2ccc(C(=O)NCCCc3cccnc3)cc2)CC1. The standard InChI is InChI=1S/C23H29N3O4/c1-29-17-22(27)26-14-10-21(11-15-26)30-20-8-6-19(7-9-20)23(28)25-13-3-5-18-4-2-12-24-16-18/h2,4,6-9,12,16,21H,3,5,10-11,13-15,17H2,1H3,(H,25,28). The molecular weight excluding hydrogens is 382 g/mol. The molecule has 7 heteroatoms. The largest absolute Gasteiger partial charge is 0.490 e. The molecule has 3 rings (SSSR count). The minimum atomic E-state index is -0.0855. The third kappa shape index (κ3) is 6.56. The Morgan fingerprint density at radius 2 is 1.93 bits per heavy atom. The zero-order valence-electron chi connectivity index (χ0n) is 17.4. The maximum atomic E-state index is 12.3. The quantitative estimate of drug-likeness (QED) is 0.641. The van der Waals surface area contributed by atoms with E-state index < -0.39 is 0 Å². The van der Waals surface area contributed by atoms with E-state index in [-0.39, 0.29) is 24.5 Å². The summed E-state index contributed by atoms with van der Waals surface area (Å²) in [4.78, 5) is 30.1. The van der Waals surface area contributed by atoms with Crippen molar-refractivity contribution in [1.82, 2.24) is 15.2 Å². The summed E-state index contributed by atoms with van der Waals surface area (Å²) in [5.41, 5.74) is 1.78. The Labute approximate surface area is 177 Å². The fourth-order valence-corrected chi connectivity index (χ4v) is 3.46. The van der Waals surface area contributed by atoms with Crippen LogP contribution in [-0.4, -0.2) is 61.2 Å². The number of rotatable bonds is 9. The van der Waals surface area contributed by atoms with Crippen LogP contribution >= 0.6 is 0 Å². The molecule has 0 radical (unpaired) electrons. The number of nitrogens with zero attached hydrogens (tertiary/aromatic N) is 2. The van der Waals surface area contributed by atoms with Crippen LogP contribution in [-0.2, 0) is 16.0 Å². The van der Waals surface area contributed by atoms with Gasteiger partial charge in [0.2, 0.25) is 5.91 Å². The molecule has 7 nitrogen and oxygen atoms in total. The number of likely N-dealkylation sites (tertiary alicyclic amines) is 1. The number of carbonyl (C=O) groups is 2. The van der Waals surface area contributed by atoms with Crippen molar-refractivity contribution in [3.05, 3.63) is 59.9 Å². The molecule has 2 heterocycles. The molecule has 2 amide bonds. The summed E-state index contributed by atoms with van der Waals surface area (Å²) in [7, 11) is 1.53. The number of ether oxygens (including phenoxy) is 2. The van der Waals surface area contributed by atoms with Crippen LogP contribution in [0.1, 0.15) is 35.2 Å². The third-order valence-corrected chi connectivity index (χ3v) is 5.13. The normalized spacial score (nSPS) is 14.4. The average molecular weight is 412 g/mol. The van der Waals surface area contributed by atoms with E-state index in [2.05, 4.69) is 10.3 Å². The van der Waals surface area contributed by atoms with E-state index in [0.29, 0.717) is 25.2 Å². The highest BCUT2D eigenvalue weighted by Crippen LogP contribution is 2.20. The lowest BCUT2D eigenvalue weighted by molar-refractivity contribution is -0.136. The zero-order chi connectivity index (χ0) is 21.2. The van der Waals surface area contributed by atoms with Crippen LogP contribution < -0.4 is 10.1 Å². The van der Waals surface area contributed by atoms with Crippen molar-refractivity contribution in [3.8, 4) is 5.75 Å². The Hall–Kier alpha value is -2.93. The number of methoxy groups -OCH3 is 1. The van der Waals surface area contributed by atoms with Crippen molar-refractivity contribution in [2.24, 2.45) is 0 Å². The number of aryl methyl sites for hydroxylation is 1. The maximum Gasteiger partial charge on any atom is 0.251 e. The van der Waals surface area contributed by atoms with Crippen LogP contribution in [0.15, 0.2) is 48.8 Å². The molecular formula is C23H29N3O4. The van der Waals surface area contributed by atoms with Crippen molar-refractivity contribution < 1.29 is 19.1 Å². The van der Waals surface area contributed by atoms with E-state index in [1.54, 1.807) is 18.3 Å². The van der Waals surface area contributed by atoms with Crippen LogP contribution in [0.3, 0.4) is 0 Å². The molecule has 1 saturated heterocycles. The molecule has 1 aliphatic rings. The minimum Gasteiger partial charge on any atom is -0.490 e. The smallest absolute Gasteiger partial charge is 0.251 e. The van der Waals surface area contributed by atoms with Crippen molar-refractivity contribution >= 4 is 11.8 Å². The summed E-state index contributed by atoms with van der Waals surface area (Å²) >= 11 is 0. The molecule has 1 N–H and O–H groups in total. The van der Waals surface area contributed by atoms with Crippen LogP contribution in [0.5, 0.6) is 5.75 Å².